The molecule has 30 heavy (non-hydrogen) atoms. The molecule has 2 aromatic rings. The van der Waals surface area contributed by atoms with Crippen molar-refractivity contribution in [3.63, 3.8) is 0 Å². The molecule has 1 unspecified atom stereocenters. The van der Waals surface area contributed by atoms with E-state index in [0.717, 1.165) is 11.6 Å². The summed E-state index contributed by atoms with van der Waals surface area (Å²) >= 11 is 0. The number of anilines is 1. The number of aromatic nitrogens is 4. The average Bonchev–Trinajstić information content (AvgIpc) is 3.11. The number of piperidine rings is 1. The summed E-state index contributed by atoms with van der Waals surface area (Å²) in [6, 6.07) is 1.84. The minimum atomic E-state index is -4.60. The van der Waals surface area contributed by atoms with Crippen molar-refractivity contribution in [2.24, 2.45) is 13.0 Å². The highest BCUT2D eigenvalue weighted by Crippen LogP contribution is 2.40. The van der Waals surface area contributed by atoms with Gasteiger partial charge in [0.25, 0.3) is 6.43 Å². The number of nitrogens with zero attached hydrogens (tertiary/aromatic N) is 5. The summed E-state index contributed by atoms with van der Waals surface area (Å²) in [5.41, 5.74) is -0.287. The third-order valence-corrected chi connectivity index (χ3v) is 7.54. The van der Waals surface area contributed by atoms with E-state index in [9.17, 15) is 22.0 Å². The first-order chi connectivity index (χ1) is 14.0. The monoisotopic (exact) mass is 446 g/mol. The summed E-state index contributed by atoms with van der Waals surface area (Å²) in [6.07, 6.45) is 0.00127. The number of amides is 2. The van der Waals surface area contributed by atoms with Crippen LogP contribution in [0.3, 0.4) is 0 Å². The molecular weight excluding hydrogens is 425 g/mol. The Labute approximate surface area is 171 Å². The largest absolute Gasteiger partial charge is 0.325 e. The normalized spacial score (nSPS) is 17.7. The van der Waals surface area contributed by atoms with Crippen molar-refractivity contribution in [2.45, 2.75) is 36.2 Å². The number of hydrogen-bond donors (Lipinski definition) is 1. The second-order valence-corrected chi connectivity index (χ2v) is 9.37. The summed E-state index contributed by atoms with van der Waals surface area (Å²) in [6.45, 7) is 1.20. The van der Waals surface area contributed by atoms with Gasteiger partial charge in [0.2, 0.25) is 14.8 Å². The fourth-order valence-corrected chi connectivity index (χ4v) is 5.17. The second-order valence-electron chi connectivity index (χ2n) is 7.14. The molecule has 9 nitrogen and oxygen atoms in total. The van der Waals surface area contributed by atoms with Gasteiger partial charge in [0.15, 0.2) is 5.03 Å². The van der Waals surface area contributed by atoms with Crippen LogP contribution < -0.4 is 5.32 Å². The molecule has 1 aliphatic heterocycles. The van der Waals surface area contributed by atoms with E-state index in [1.807, 2.05) is 0 Å². The van der Waals surface area contributed by atoms with Crippen molar-refractivity contribution in [1.82, 2.24) is 24.9 Å². The molecule has 1 atom stereocenters. The third-order valence-electron chi connectivity index (χ3n) is 5.23. The molecule has 1 aliphatic rings. The molecule has 3 rings (SSSR count). The van der Waals surface area contributed by atoms with E-state index in [2.05, 4.69) is 20.6 Å². The Bertz CT molecular complexity index is 1010. The van der Waals surface area contributed by atoms with Crippen LogP contribution in [0.25, 0.3) is 0 Å². The maximum absolute atomic E-state index is 15.6. The van der Waals surface area contributed by atoms with E-state index in [1.165, 1.54) is 24.3 Å². The Morgan fingerprint density at radius 3 is 2.50 bits per heavy atom. The molecule has 2 amide bonds. The molecule has 2 aromatic heterocycles. The van der Waals surface area contributed by atoms with Gasteiger partial charge in [-0.25, -0.2) is 26.4 Å². The first-order valence-corrected chi connectivity index (χ1v) is 10.6. The number of rotatable bonds is 5. The molecule has 0 aromatic carbocycles. The lowest BCUT2D eigenvalue weighted by Crippen LogP contribution is -2.48. The molecule has 164 valence electrons. The topological polar surface area (TPSA) is 110 Å². The van der Waals surface area contributed by atoms with Gasteiger partial charge < -0.3 is 10.2 Å². The van der Waals surface area contributed by atoms with Crippen molar-refractivity contribution < 1.29 is 26.4 Å². The molecule has 13 heteroatoms. The van der Waals surface area contributed by atoms with E-state index in [4.69, 9.17) is 0 Å². The smallest absolute Gasteiger partial charge is 0.321 e. The lowest BCUT2D eigenvalue weighted by Gasteiger charge is -2.37. The SMILES string of the molecule is Cn1nc(C(F)F)cc1S(=O)(=O)C(C)(F)C1CCN(C(=O)Nc2ccnnc2)CC1. The summed E-state index contributed by atoms with van der Waals surface area (Å²) in [4.78, 5) is 13.8. The molecule has 0 radical (unpaired) electrons. The average molecular weight is 446 g/mol. The number of likely N-dealkylation sites (tertiary alicyclic amines) is 1. The second kappa shape index (κ2) is 8.20. The van der Waals surface area contributed by atoms with Gasteiger partial charge in [0.1, 0.15) is 5.69 Å². The highest BCUT2D eigenvalue weighted by atomic mass is 32.2. The van der Waals surface area contributed by atoms with Crippen LogP contribution in [0.15, 0.2) is 29.6 Å². The summed E-state index contributed by atoms with van der Waals surface area (Å²) in [5, 5.41) is 10.0. The van der Waals surface area contributed by atoms with Crippen LogP contribution in [0.2, 0.25) is 0 Å². The number of halogens is 3. The van der Waals surface area contributed by atoms with E-state index in [-0.39, 0.29) is 25.9 Å². The Morgan fingerprint density at radius 1 is 1.30 bits per heavy atom. The number of aryl methyl sites for hydroxylation is 1. The fourth-order valence-electron chi connectivity index (χ4n) is 3.42. The quantitative estimate of drug-likeness (QED) is 0.756. The zero-order chi connectivity index (χ0) is 22.1. The van der Waals surface area contributed by atoms with Crippen LogP contribution in [0.4, 0.5) is 23.7 Å². The number of carbonyl (C=O) groups is 1. The van der Waals surface area contributed by atoms with Crippen LogP contribution in [-0.4, -0.2) is 57.4 Å². The third kappa shape index (κ3) is 4.11. The van der Waals surface area contributed by atoms with E-state index >= 15 is 4.39 Å². The maximum atomic E-state index is 15.6. The number of nitrogens with one attached hydrogen (secondary N) is 1. The lowest BCUT2D eigenvalue weighted by atomic mass is 9.92. The van der Waals surface area contributed by atoms with Crippen LogP contribution in [0.5, 0.6) is 0 Å². The molecule has 0 spiro atoms. The molecule has 3 heterocycles. The summed E-state index contributed by atoms with van der Waals surface area (Å²) < 4.78 is 67.8. The molecule has 0 bridgehead atoms. The van der Waals surface area contributed by atoms with Gasteiger partial charge in [-0.1, -0.05) is 0 Å². The zero-order valence-corrected chi connectivity index (χ0v) is 17.1. The summed E-state index contributed by atoms with van der Waals surface area (Å²) in [7, 11) is -3.43. The highest BCUT2D eigenvalue weighted by molar-refractivity contribution is 7.92. The first-order valence-electron chi connectivity index (χ1n) is 9.12. The molecule has 1 N–H and O–H groups in total. The van der Waals surface area contributed by atoms with Gasteiger partial charge in [0, 0.05) is 32.1 Å². The van der Waals surface area contributed by atoms with Crippen molar-refractivity contribution in [2.75, 3.05) is 18.4 Å². The number of hydrogen-bond acceptors (Lipinski definition) is 6. The van der Waals surface area contributed by atoms with Crippen molar-refractivity contribution >= 4 is 21.6 Å². The predicted molar refractivity (Wildman–Crippen MR) is 100 cm³/mol. The van der Waals surface area contributed by atoms with Crippen molar-refractivity contribution in [1.29, 1.82) is 0 Å². The van der Waals surface area contributed by atoms with Crippen LogP contribution in [0.1, 0.15) is 31.9 Å². The van der Waals surface area contributed by atoms with Crippen LogP contribution in [-0.2, 0) is 16.9 Å². The summed E-state index contributed by atoms with van der Waals surface area (Å²) in [5.74, 6) is -0.918. The maximum Gasteiger partial charge on any atom is 0.321 e. The van der Waals surface area contributed by atoms with Gasteiger partial charge in [-0.15, -0.1) is 0 Å². The van der Waals surface area contributed by atoms with Gasteiger partial charge in [0.05, 0.1) is 18.1 Å². The minimum Gasteiger partial charge on any atom is -0.325 e. The zero-order valence-electron chi connectivity index (χ0n) is 16.3. The number of sulfone groups is 1. The minimum absolute atomic E-state index is 0.0911. The number of urea groups is 1. The Morgan fingerprint density at radius 2 is 1.97 bits per heavy atom. The fraction of sp³-hybridized carbons (Fsp3) is 0.529. The Balaban J connectivity index is 1.70. The van der Waals surface area contributed by atoms with E-state index in [0.29, 0.717) is 11.8 Å². The molecular formula is C17H21F3N6O3S. The van der Waals surface area contributed by atoms with Gasteiger partial charge in [-0.05, 0) is 25.8 Å². The molecule has 1 saturated heterocycles. The molecule has 1 fully saturated rings. The van der Waals surface area contributed by atoms with E-state index < -0.39 is 43.9 Å². The Hall–Kier alpha value is -2.70. The number of alkyl halides is 3. The van der Waals surface area contributed by atoms with Gasteiger partial charge in [-0.2, -0.15) is 15.3 Å². The van der Waals surface area contributed by atoms with Gasteiger partial charge in [-0.3, -0.25) is 4.68 Å². The van der Waals surface area contributed by atoms with E-state index in [1.54, 1.807) is 6.07 Å². The predicted octanol–water partition coefficient (Wildman–Crippen LogP) is 2.55. The molecule has 0 aliphatic carbocycles. The number of carbonyl (C=O) groups excluding carboxylic acids is 1. The standard InChI is InChI=1S/C17H21F3N6O3S/c1-17(20,30(28,29)14-9-13(15(18)19)24-25(14)2)11-4-7-26(8-5-11)16(27)23-12-3-6-21-22-10-12/h3,6,9-11,15H,4-5,7-8H2,1-2H3,(H,21,23,27). The Kier molecular flexibility index (Phi) is 6.01. The van der Waals surface area contributed by atoms with Gasteiger partial charge >= 0.3 is 6.03 Å². The lowest BCUT2D eigenvalue weighted by molar-refractivity contribution is 0.117. The van der Waals surface area contributed by atoms with Crippen molar-refractivity contribution in [3.8, 4) is 0 Å². The highest BCUT2D eigenvalue weighted by Gasteiger charge is 2.50. The molecule has 0 saturated carbocycles. The van der Waals surface area contributed by atoms with Crippen LogP contribution in [0, 0.1) is 5.92 Å². The first kappa shape index (κ1) is 22.0. The van der Waals surface area contributed by atoms with Crippen molar-refractivity contribution in [3.05, 3.63) is 30.2 Å². The van der Waals surface area contributed by atoms with Crippen LogP contribution >= 0.6 is 0 Å².